The summed E-state index contributed by atoms with van der Waals surface area (Å²) in [5, 5.41) is 17.5. The first-order valence-electron chi connectivity index (χ1n) is 13.0. The summed E-state index contributed by atoms with van der Waals surface area (Å²) in [4.78, 5) is 42.6. The van der Waals surface area contributed by atoms with Crippen LogP contribution in [-0.4, -0.2) is 64.7 Å². The molecule has 3 aliphatic rings. The number of carbonyl (C=O) groups excluding carboxylic acids is 3. The highest BCUT2D eigenvalue weighted by Gasteiger charge is 2.79. The van der Waals surface area contributed by atoms with Gasteiger partial charge in [-0.2, -0.15) is 0 Å². The van der Waals surface area contributed by atoms with E-state index in [1.807, 2.05) is 63.2 Å². The Morgan fingerprint density at radius 3 is 2.64 bits per heavy atom. The number of carbonyl (C=O) groups is 3. The van der Waals surface area contributed by atoms with Crippen LogP contribution in [0.4, 0.5) is 5.69 Å². The van der Waals surface area contributed by atoms with Gasteiger partial charge in [0.15, 0.2) is 0 Å². The van der Waals surface area contributed by atoms with Gasteiger partial charge in [0, 0.05) is 25.4 Å². The first kappa shape index (κ1) is 24.7. The highest BCUT2D eigenvalue weighted by atomic mass is 16.5. The fraction of sp³-hybridized carbons (Fsp3) is 0.536. The van der Waals surface area contributed by atoms with Gasteiger partial charge in [0.05, 0.1) is 17.4 Å². The molecule has 0 aliphatic carbocycles. The van der Waals surface area contributed by atoms with Crippen molar-refractivity contribution in [2.24, 2.45) is 17.8 Å². The normalized spacial score (nSPS) is 32.7. The molecule has 5 rings (SSSR count). The molecule has 3 amide bonds. The lowest BCUT2D eigenvalue weighted by atomic mass is 9.62. The predicted molar refractivity (Wildman–Crippen MR) is 136 cm³/mol. The second kappa shape index (κ2) is 9.16. The molecule has 3 fully saturated rings. The number of benzene rings is 2. The second-order valence-corrected chi connectivity index (χ2v) is 10.7. The van der Waals surface area contributed by atoms with Crippen LogP contribution in [0.1, 0.15) is 40.0 Å². The Morgan fingerprint density at radius 1 is 1.17 bits per heavy atom. The minimum absolute atomic E-state index is 0.00677. The van der Waals surface area contributed by atoms with Gasteiger partial charge in [-0.15, -0.1) is 0 Å². The van der Waals surface area contributed by atoms with Crippen molar-refractivity contribution in [2.45, 2.75) is 57.3 Å². The maximum absolute atomic E-state index is 13.9. The van der Waals surface area contributed by atoms with Crippen molar-refractivity contribution in [2.75, 3.05) is 25.0 Å². The molecule has 8 heteroatoms. The topological polar surface area (TPSA) is 108 Å². The Bertz CT molecular complexity index is 1200. The second-order valence-electron chi connectivity index (χ2n) is 10.7. The summed E-state index contributed by atoms with van der Waals surface area (Å²) in [7, 11) is 0. The summed E-state index contributed by atoms with van der Waals surface area (Å²) in [5.41, 5.74) is -1.28. The fourth-order valence-electron chi connectivity index (χ4n) is 6.76. The number of hydrogen-bond donors (Lipinski definition) is 3. The molecule has 3 N–H and O–H groups in total. The van der Waals surface area contributed by atoms with Crippen LogP contribution in [0, 0.1) is 17.8 Å². The average molecular weight is 494 g/mol. The van der Waals surface area contributed by atoms with Crippen LogP contribution >= 0.6 is 0 Å². The Hall–Kier alpha value is -2.97. The number of nitrogens with zero attached hydrogens (tertiary/aromatic N) is 1. The molecule has 0 radical (unpaired) electrons. The van der Waals surface area contributed by atoms with E-state index in [4.69, 9.17) is 4.74 Å². The molecular formula is C28H35N3O5. The minimum atomic E-state index is -1.09. The monoisotopic (exact) mass is 493 g/mol. The molecule has 3 aliphatic heterocycles. The van der Waals surface area contributed by atoms with E-state index in [1.165, 1.54) is 4.90 Å². The SMILES string of the molecule is CCCNC(=O)[C@@H]1[C@H]2C(=O)N(CCCO)C(C(=O)Nc3ccc4ccccc4c3)C23CC(C)[C@@]1(C)O3. The van der Waals surface area contributed by atoms with E-state index >= 15 is 0 Å². The number of fused-ring (bicyclic) bond motifs is 2. The number of likely N-dealkylation sites (tertiary alicyclic amines) is 1. The van der Waals surface area contributed by atoms with Crippen LogP contribution in [0.5, 0.6) is 0 Å². The third kappa shape index (κ3) is 3.61. The van der Waals surface area contributed by atoms with Crippen LogP contribution in [0.15, 0.2) is 42.5 Å². The Morgan fingerprint density at radius 2 is 1.92 bits per heavy atom. The number of aliphatic hydroxyl groups is 1. The molecule has 192 valence electrons. The predicted octanol–water partition coefficient (Wildman–Crippen LogP) is 2.70. The van der Waals surface area contributed by atoms with Crippen LogP contribution < -0.4 is 10.6 Å². The molecular weight excluding hydrogens is 458 g/mol. The van der Waals surface area contributed by atoms with Crippen molar-refractivity contribution in [3.63, 3.8) is 0 Å². The molecule has 1 spiro atoms. The van der Waals surface area contributed by atoms with Gasteiger partial charge in [0.25, 0.3) is 0 Å². The summed E-state index contributed by atoms with van der Waals surface area (Å²) in [6, 6.07) is 12.7. The van der Waals surface area contributed by atoms with Crippen molar-refractivity contribution in [3.05, 3.63) is 42.5 Å². The van der Waals surface area contributed by atoms with Crippen molar-refractivity contribution >= 4 is 34.2 Å². The average Bonchev–Trinajstić information content (AvgIpc) is 3.37. The lowest BCUT2D eigenvalue weighted by Crippen LogP contribution is -2.54. The van der Waals surface area contributed by atoms with E-state index in [1.54, 1.807) is 0 Å². The van der Waals surface area contributed by atoms with Gasteiger partial charge in [0.1, 0.15) is 11.6 Å². The zero-order valence-electron chi connectivity index (χ0n) is 21.1. The van der Waals surface area contributed by atoms with Crippen molar-refractivity contribution < 1.29 is 24.2 Å². The number of nitrogens with one attached hydrogen (secondary N) is 2. The number of hydrogen-bond acceptors (Lipinski definition) is 5. The van der Waals surface area contributed by atoms with Crippen LogP contribution in [0.2, 0.25) is 0 Å². The van der Waals surface area contributed by atoms with Gasteiger partial charge >= 0.3 is 0 Å². The van der Waals surface area contributed by atoms with Crippen LogP contribution in [0.25, 0.3) is 10.8 Å². The first-order chi connectivity index (χ1) is 17.3. The highest BCUT2D eigenvalue weighted by molar-refractivity contribution is 6.04. The molecule has 3 saturated heterocycles. The van der Waals surface area contributed by atoms with Crippen molar-refractivity contribution in [1.82, 2.24) is 10.2 Å². The molecule has 3 unspecified atom stereocenters. The van der Waals surface area contributed by atoms with E-state index in [0.717, 1.165) is 17.2 Å². The van der Waals surface area contributed by atoms with Crippen LogP contribution in [0.3, 0.4) is 0 Å². The number of anilines is 1. The highest BCUT2D eigenvalue weighted by Crippen LogP contribution is 2.65. The summed E-state index contributed by atoms with van der Waals surface area (Å²) in [6.07, 6.45) is 1.64. The van der Waals surface area contributed by atoms with Gasteiger partial charge < -0.3 is 25.4 Å². The lowest BCUT2D eigenvalue weighted by molar-refractivity contribution is -0.146. The number of aliphatic hydroxyl groups excluding tert-OH is 1. The molecule has 2 aromatic carbocycles. The molecule has 8 nitrogen and oxygen atoms in total. The molecule has 36 heavy (non-hydrogen) atoms. The third-order valence-electron chi connectivity index (χ3n) is 8.47. The molecule has 2 bridgehead atoms. The zero-order valence-corrected chi connectivity index (χ0v) is 21.1. The van der Waals surface area contributed by atoms with Crippen molar-refractivity contribution in [3.8, 4) is 0 Å². The largest absolute Gasteiger partial charge is 0.396 e. The quantitative estimate of drug-likeness (QED) is 0.524. The summed E-state index contributed by atoms with van der Waals surface area (Å²) in [6.45, 7) is 6.56. The first-order valence-corrected chi connectivity index (χ1v) is 13.0. The standard InChI is InChI=1S/C28H35N3O5/c1-4-12-29-24(33)21-22-26(35)31(13-7-14-32)23(28(22)16-17(2)27(21,3)36-28)25(34)30-20-11-10-18-8-5-6-9-19(18)15-20/h5-6,8-11,15,17,21-23,32H,4,7,12-14,16H2,1-3H3,(H,29,33)(H,30,34)/t17?,21-,22-,23?,27+,28?/m0/s1. The lowest BCUT2D eigenvalue weighted by Gasteiger charge is -2.36. The van der Waals surface area contributed by atoms with Crippen molar-refractivity contribution in [1.29, 1.82) is 0 Å². The van der Waals surface area contributed by atoms with Gasteiger partial charge in [-0.1, -0.05) is 44.2 Å². The van der Waals surface area contributed by atoms with Gasteiger partial charge in [-0.05, 0) is 55.0 Å². The molecule has 2 aromatic rings. The van der Waals surface area contributed by atoms with E-state index in [0.29, 0.717) is 25.1 Å². The van der Waals surface area contributed by atoms with Crippen LogP contribution in [-0.2, 0) is 19.1 Å². The fourth-order valence-corrected chi connectivity index (χ4v) is 6.76. The molecule has 0 saturated carbocycles. The Kier molecular flexibility index (Phi) is 6.29. The molecule has 6 atom stereocenters. The van der Waals surface area contributed by atoms with Gasteiger partial charge in [-0.3, -0.25) is 14.4 Å². The molecule has 0 aromatic heterocycles. The summed E-state index contributed by atoms with van der Waals surface area (Å²) >= 11 is 0. The number of ether oxygens (including phenoxy) is 1. The summed E-state index contributed by atoms with van der Waals surface area (Å²) in [5.74, 6) is -2.17. The van der Waals surface area contributed by atoms with E-state index in [9.17, 15) is 19.5 Å². The van der Waals surface area contributed by atoms with Gasteiger partial charge in [0.2, 0.25) is 17.7 Å². The zero-order chi connectivity index (χ0) is 25.7. The van der Waals surface area contributed by atoms with E-state index in [-0.39, 0.29) is 36.8 Å². The Balaban J connectivity index is 1.51. The maximum atomic E-state index is 13.9. The van der Waals surface area contributed by atoms with E-state index in [2.05, 4.69) is 10.6 Å². The number of rotatable bonds is 8. The number of amides is 3. The third-order valence-corrected chi connectivity index (χ3v) is 8.47. The van der Waals surface area contributed by atoms with E-state index < -0.39 is 29.1 Å². The van der Waals surface area contributed by atoms with Gasteiger partial charge in [-0.25, -0.2) is 0 Å². The smallest absolute Gasteiger partial charge is 0.250 e. The molecule has 3 heterocycles. The maximum Gasteiger partial charge on any atom is 0.250 e. The Labute approximate surface area is 211 Å². The summed E-state index contributed by atoms with van der Waals surface area (Å²) < 4.78 is 6.67. The minimum Gasteiger partial charge on any atom is -0.396 e.